The first-order chi connectivity index (χ1) is 9.31. The van der Waals surface area contributed by atoms with Gasteiger partial charge in [-0.05, 0) is 37.1 Å². The Morgan fingerprint density at radius 3 is 2.40 bits per heavy atom. The first-order valence-corrected chi connectivity index (χ1v) is 7.67. The highest BCUT2D eigenvalue weighted by Gasteiger charge is 2.21. The van der Waals surface area contributed by atoms with Crippen LogP contribution >= 0.6 is 11.6 Å². The zero-order chi connectivity index (χ0) is 14.9. The molecule has 1 heterocycles. The molecule has 3 N–H and O–H groups in total. The summed E-state index contributed by atoms with van der Waals surface area (Å²) in [6.07, 6.45) is 1.35. The number of halogens is 1. The lowest BCUT2D eigenvalue weighted by Crippen LogP contribution is -2.17. The van der Waals surface area contributed by atoms with E-state index in [4.69, 9.17) is 17.3 Å². The molecule has 0 saturated heterocycles. The number of anilines is 2. The molecule has 0 spiro atoms. The largest absolute Gasteiger partial charge is 0.397 e. The quantitative estimate of drug-likeness (QED) is 0.674. The Hall–Kier alpha value is -1.79. The van der Waals surface area contributed by atoms with Gasteiger partial charge in [0.05, 0.1) is 17.6 Å². The Kier molecular flexibility index (Phi) is 3.87. The van der Waals surface area contributed by atoms with Gasteiger partial charge in [-0.2, -0.15) is 0 Å². The van der Waals surface area contributed by atoms with Gasteiger partial charge in [0.15, 0.2) is 0 Å². The van der Waals surface area contributed by atoms with Gasteiger partial charge < -0.3 is 5.73 Å². The number of aromatic nitrogens is 1. The van der Waals surface area contributed by atoms with E-state index in [1.165, 1.54) is 18.3 Å². The van der Waals surface area contributed by atoms with Crippen LogP contribution in [0.4, 0.5) is 11.4 Å². The highest BCUT2D eigenvalue weighted by molar-refractivity contribution is 7.93. The van der Waals surface area contributed by atoms with Gasteiger partial charge in [0.25, 0.3) is 10.0 Å². The number of nitrogens with one attached hydrogen (secondary N) is 1. The Labute approximate surface area is 122 Å². The minimum Gasteiger partial charge on any atom is -0.397 e. The minimum atomic E-state index is -3.77. The molecule has 20 heavy (non-hydrogen) atoms. The molecule has 0 unspecified atom stereocenters. The standard InChI is InChI=1S/C13H14ClN3O2S/c1-8-3-4-9(2)13(12(8)15)20(18,19)17-10-5-6-11(14)16-7-10/h3-7,17H,15H2,1-2H3. The predicted molar refractivity (Wildman–Crippen MR) is 80.4 cm³/mol. The number of nitrogen functional groups attached to an aromatic ring is 1. The van der Waals surface area contributed by atoms with Crippen molar-refractivity contribution in [3.05, 3.63) is 46.7 Å². The third-order valence-electron chi connectivity index (χ3n) is 2.86. The number of hydrogen-bond acceptors (Lipinski definition) is 4. The van der Waals surface area contributed by atoms with Gasteiger partial charge in [-0.1, -0.05) is 23.7 Å². The zero-order valence-electron chi connectivity index (χ0n) is 11.0. The maximum absolute atomic E-state index is 12.4. The molecule has 0 fully saturated rings. The second-order valence-electron chi connectivity index (χ2n) is 4.42. The monoisotopic (exact) mass is 311 g/mol. The second kappa shape index (κ2) is 5.30. The molecule has 0 radical (unpaired) electrons. The van der Waals surface area contributed by atoms with E-state index < -0.39 is 10.0 Å². The normalized spacial score (nSPS) is 11.3. The number of benzene rings is 1. The molecule has 106 valence electrons. The van der Waals surface area contributed by atoms with E-state index >= 15 is 0 Å². The second-order valence-corrected chi connectivity index (χ2v) is 6.42. The Bertz CT molecular complexity index is 743. The van der Waals surface area contributed by atoms with Gasteiger partial charge >= 0.3 is 0 Å². The third kappa shape index (κ3) is 2.86. The molecular weight excluding hydrogens is 298 g/mol. The van der Waals surface area contributed by atoms with Crippen molar-refractivity contribution in [2.45, 2.75) is 18.7 Å². The van der Waals surface area contributed by atoms with Crippen LogP contribution in [0, 0.1) is 13.8 Å². The van der Waals surface area contributed by atoms with Crippen LogP contribution in [-0.2, 0) is 10.0 Å². The van der Waals surface area contributed by atoms with Crippen LogP contribution in [0.5, 0.6) is 0 Å². The van der Waals surface area contributed by atoms with Crippen LogP contribution in [0.3, 0.4) is 0 Å². The third-order valence-corrected chi connectivity index (χ3v) is 4.67. The fraction of sp³-hybridized carbons (Fsp3) is 0.154. The fourth-order valence-corrected chi connectivity index (χ4v) is 3.39. The van der Waals surface area contributed by atoms with Crippen molar-refractivity contribution in [2.24, 2.45) is 0 Å². The van der Waals surface area contributed by atoms with Crippen molar-refractivity contribution in [1.82, 2.24) is 4.98 Å². The minimum absolute atomic E-state index is 0.0902. The molecule has 0 aliphatic heterocycles. The fourth-order valence-electron chi connectivity index (χ4n) is 1.81. The summed E-state index contributed by atoms with van der Waals surface area (Å²) in [7, 11) is -3.77. The van der Waals surface area contributed by atoms with Gasteiger partial charge in [-0.25, -0.2) is 13.4 Å². The van der Waals surface area contributed by atoms with Gasteiger partial charge in [0.2, 0.25) is 0 Å². The number of sulfonamides is 1. The Morgan fingerprint density at radius 1 is 1.15 bits per heavy atom. The highest BCUT2D eigenvalue weighted by Crippen LogP contribution is 2.27. The lowest BCUT2D eigenvalue weighted by molar-refractivity contribution is 0.601. The molecule has 0 aliphatic carbocycles. The lowest BCUT2D eigenvalue weighted by atomic mass is 10.1. The van der Waals surface area contributed by atoms with Crippen molar-refractivity contribution in [3.8, 4) is 0 Å². The van der Waals surface area contributed by atoms with Gasteiger partial charge in [-0.15, -0.1) is 0 Å². The maximum atomic E-state index is 12.4. The number of rotatable bonds is 3. The topological polar surface area (TPSA) is 85.1 Å². The average Bonchev–Trinajstić information content (AvgIpc) is 2.37. The molecule has 1 aromatic heterocycles. The van der Waals surface area contributed by atoms with Crippen LogP contribution in [0.2, 0.25) is 5.15 Å². The van der Waals surface area contributed by atoms with E-state index in [0.29, 0.717) is 22.0 Å². The molecule has 0 atom stereocenters. The van der Waals surface area contributed by atoms with E-state index in [9.17, 15) is 8.42 Å². The smallest absolute Gasteiger partial charge is 0.264 e. The van der Waals surface area contributed by atoms with E-state index in [1.54, 1.807) is 26.0 Å². The van der Waals surface area contributed by atoms with Crippen LogP contribution < -0.4 is 10.5 Å². The van der Waals surface area contributed by atoms with Crippen molar-refractivity contribution in [1.29, 1.82) is 0 Å². The van der Waals surface area contributed by atoms with E-state index in [-0.39, 0.29) is 10.6 Å². The van der Waals surface area contributed by atoms with Crippen molar-refractivity contribution in [2.75, 3.05) is 10.5 Å². The summed E-state index contributed by atoms with van der Waals surface area (Å²) in [5.41, 5.74) is 7.77. The first-order valence-electron chi connectivity index (χ1n) is 5.81. The molecule has 0 bridgehead atoms. The van der Waals surface area contributed by atoms with Crippen LogP contribution in [0.1, 0.15) is 11.1 Å². The number of nitrogens with two attached hydrogens (primary N) is 1. The number of nitrogens with zero attached hydrogens (tertiary/aromatic N) is 1. The van der Waals surface area contributed by atoms with Gasteiger partial charge in [-0.3, -0.25) is 4.72 Å². The van der Waals surface area contributed by atoms with Crippen LogP contribution in [0.15, 0.2) is 35.4 Å². The molecule has 0 saturated carbocycles. The van der Waals surface area contributed by atoms with Gasteiger partial charge in [0, 0.05) is 0 Å². The molecule has 7 heteroatoms. The maximum Gasteiger partial charge on any atom is 0.264 e. The van der Waals surface area contributed by atoms with Crippen LogP contribution in [-0.4, -0.2) is 13.4 Å². The van der Waals surface area contributed by atoms with Crippen LogP contribution in [0.25, 0.3) is 0 Å². The highest BCUT2D eigenvalue weighted by atomic mass is 35.5. The SMILES string of the molecule is Cc1ccc(C)c(S(=O)(=O)Nc2ccc(Cl)nc2)c1N. The van der Waals surface area contributed by atoms with Crippen molar-refractivity contribution in [3.63, 3.8) is 0 Å². The number of hydrogen-bond donors (Lipinski definition) is 2. The molecule has 0 amide bonds. The average molecular weight is 312 g/mol. The summed E-state index contributed by atoms with van der Waals surface area (Å²) in [5.74, 6) is 0. The van der Waals surface area contributed by atoms with Crippen molar-refractivity contribution >= 4 is 33.0 Å². The Morgan fingerprint density at radius 2 is 1.80 bits per heavy atom. The molecule has 0 aliphatic rings. The molecule has 2 aromatic rings. The number of aryl methyl sites for hydroxylation is 2. The summed E-state index contributed by atoms with van der Waals surface area (Å²) < 4.78 is 27.3. The molecule has 1 aromatic carbocycles. The van der Waals surface area contributed by atoms with E-state index in [0.717, 1.165) is 0 Å². The van der Waals surface area contributed by atoms with Gasteiger partial charge in [0.1, 0.15) is 10.0 Å². The van der Waals surface area contributed by atoms with Crippen molar-refractivity contribution < 1.29 is 8.42 Å². The van der Waals surface area contributed by atoms with E-state index in [1.807, 2.05) is 0 Å². The number of pyridine rings is 1. The summed E-state index contributed by atoms with van der Waals surface area (Å²) in [6.45, 7) is 3.46. The summed E-state index contributed by atoms with van der Waals surface area (Å²) >= 11 is 5.66. The lowest BCUT2D eigenvalue weighted by Gasteiger charge is -2.14. The predicted octanol–water partition coefficient (Wildman–Crippen LogP) is 2.73. The molecule has 2 rings (SSSR count). The summed E-state index contributed by atoms with van der Waals surface area (Å²) in [5, 5.41) is 0.291. The summed E-state index contributed by atoms with van der Waals surface area (Å²) in [4.78, 5) is 3.92. The summed E-state index contributed by atoms with van der Waals surface area (Å²) in [6, 6.07) is 6.55. The molecule has 5 nitrogen and oxygen atoms in total. The first kappa shape index (κ1) is 14.6. The Balaban J connectivity index is 2.46. The van der Waals surface area contributed by atoms with E-state index in [2.05, 4.69) is 9.71 Å². The molecular formula is C13H14ClN3O2S. The zero-order valence-corrected chi connectivity index (χ0v) is 12.6.